The van der Waals surface area contributed by atoms with Gasteiger partial charge >= 0.3 is 116 Å². The monoisotopic (exact) mass is 586 g/mol. The van der Waals surface area contributed by atoms with E-state index in [-0.39, 0.29) is 0 Å². The summed E-state index contributed by atoms with van der Waals surface area (Å²) in [6, 6.07) is 0. The Bertz CT molecular complexity index is 404. The topological polar surface area (TPSA) is 0 Å². The Hall–Kier alpha value is 1.30. The molecule has 0 unspecified atom stereocenters. The molecule has 0 nitrogen and oxygen atoms in total. The van der Waals surface area contributed by atoms with Crippen molar-refractivity contribution in [1.29, 1.82) is 0 Å². The summed E-state index contributed by atoms with van der Waals surface area (Å²) in [5.41, 5.74) is 0.660. The molecule has 220 valence electrons. The van der Waals surface area contributed by atoms with Gasteiger partial charge in [-0.2, -0.15) is 0 Å². The van der Waals surface area contributed by atoms with Crippen LogP contribution in [0.3, 0.4) is 0 Å². The first-order valence-corrected chi connectivity index (χ1v) is 21.7. The zero-order valence-electron chi connectivity index (χ0n) is 24.9. The third kappa shape index (κ3) is 25.6. The van der Waals surface area contributed by atoms with Gasteiger partial charge in [0.25, 0.3) is 0 Å². The molecule has 0 spiro atoms. The van der Waals surface area contributed by atoms with E-state index in [4.69, 9.17) is 33.7 Å². The summed E-state index contributed by atoms with van der Waals surface area (Å²) in [7, 11) is 0. The van der Waals surface area contributed by atoms with Gasteiger partial charge in [0.15, 0.2) is 0 Å². The third-order valence-electron chi connectivity index (χ3n) is 8.35. The van der Waals surface area contributed by atoms with Crippen molar-refractivity contribution in [3.8, 4) is 0 Å². The fourth-order valence-electron chi connectivity index (χ4n) is 5.95. The van der Waals surface area contributed by atoms with Gasteiger partial charge in [0.05, 0.1) is 0 Å². The average molecular weight is 588 g/mol. The molecule has 0 saturated carbocycles. The van der Waals surface area contributed by atoms with Crippen LogP contribution in [0.2, 0.25) is 0 Å². The Morgan fingerprint density at radius 1 is 0.361 bits per heavy atom. The van der Waals surface area contributed by atoms with E-state index in [1.54, 1.807) is 0 Å². The maximum atomic E-state index is 5.96. The fraction of sp³-hybridized carbons (Fsp3) is 1.00. The molecule has 0 N–H and O–H groups in total. The summed E-state index contributed by atoms with van der Waals surface area (Å²) in [5.74, 6) is 0. The molecule has 0 amide bonds. The molecule has 0 atom stereocenters. The Balaban J connectivity index is 4.24. The van der Waals surface area contributed by atoms with E-state index in [2.05, 4.69) is 20.8 Å². The molecule has 0 radical (unpaired) electrons. The number of hydrogen-bond acceptors (Lipinski definition) is 0. The molecule has 0 aliphatic rings. The van der Waals surface area contributed by atoms with Crippen molar-refractivity contribution in [2.45, 2.75) is 194 Å². The molecule has 0 aromatic heterocycles. The van der Waals surface area contributed by atoms with Crippen molar-refractivity contribution in [3.63, 3.8) is 0 Å². The first kappa shape index (κ1) is 37.3. The summed E-state index contributed by atoms with van der Waals surface area (Å²) in [6.07, 6.45) is 39.1. The zero-order chi connectivity index (χ0) is 26.8. The van der Waals surface area contributed by atoms with Gasteiger partial charge < -0.3 is 0 Å². The second-order valence-electron chi connectivity index (χ2n) is 11.9. The standard InChI is InChI=1S/C32H66Cl3P/c1-4-7-10-22-27-32(28-23-11-8-5-2,29-24-12-9-6-3)30-25-20-18-16-14-13-15-17-19-21-26-31-36(33,34)35/h36H,4-31H2,1-3H3. The van der Waals surface area contributed by atoms with Gasteiger partial charge in [0.1, 0.15) is 0 Å². The van der Waals surface area contributed by atoms with Crippen LogP contribution in [0, 0.1) is 5.41 Å². The summed E-state index contributed by atoms with van der Waals surface area (Å²) in [4.78, 5) is 0. The molecule has 0 rings (SSSR count). The first-order chi connectivity index (χ1) is 17.4. The Morgan fingerprint density at radius 3 is 0.889 bits per heavy atom. The van der Waals surface area contributed by atoms with Crippen molar-refractivity contribution >= 4 is 39.0 Å². The van der Waals surface area contributed by atoms with Gasteiger partial charge in [-0.1, -0.05) is 97.8 Å². The quantitative estimate of drug-likeness (QED) is 0.0603. The van der Waals surface area contributed by atoms with Gasteiger partial charge in [0.2, 0.25) is 0 Å². The van der Waals surface area contributed by atoms with Crippen LogP contribution < -0.4 is 0 Å². The van der Waals surface area contributed by atoms with Gasteiger partial charge in [-0.15, -0.1) is 0 Å². The molecule has 0 aromatic carbocycles. The second kappa shape index (κ2) is 26.5. The molecule has 0 aromatic rings. The second-order valence-corrected chi connectivity index (χ2v) is 21.2. The van der Waals surface area contributed by atoms with Crippen molar-refractivity contribution < 1.29 is 0 Å². The van der Waals surface area contributed by atoms with E-state index in [0.717, 1.165) is 12.6 Å². The number of halogens is 3. The number of unbranched alkanes of at least 4 members (excludes halogenated alkanes) is 19. The minimum absolute atomic E-state index is 0.660. The molecule has 36 heavy (non-hydrogen) atoms. The maximum absolute atomic E-state index is 5.96. The molecule has 0 aliphatic heterocycles. The Morgan fingerprint density at radius 2 is 0.611 bits per heavy atom. The third-order valence-corrected chi connectivity index (χ3v) is 11.0. The Kier molecular flexibility index (Phi) is 27.5. The van der Waals surface area contributed by atoms with Crippen LogP contribution in [-0.2, 0) is 0 Å². The van der Waals surface area contributed by atoms with Crippen LogP contribution in [0.25, 0.3) is 0 Å². The molecule has 0 bridgehead atoms. The van der Waals surface area contributed by atoms with Crippen LogP contribution in [-0.4, -0.2) is 6.16 Å². The summed E-state index contributed by atoms with van der Waals surface area (Å²) in [6.45, 7) is 7.04. The summed E-state index contributed by atoms with van der Waals surface area (Å²) in [5, 5.41) is -2.38. The van der Waals surface area contributed by atoms with Crippen molar-refractivity contribution in [1.82, 2.24) is 0 Å². The van der Waals surface area contributed by atoms with Crippen molar-refractivity contribution in [2.24, 2.45) is 5.41 Å². The SMILES string of the molecule is CCCCCCC(CCCCCC)(CCCCCC)CCCCCCCCCCCCC[PH](Cl)(Cl)Cl. The van der Waals surface area contributed by atoms with Gasteiger partial charge in [-0.25, -0.2) is 0 Å². The first-order valence-electron chi connectivity index (χ1n) is 16.5. The van der Waals surface area contributed by atoms with Crippen molar-refractivity contribution in [3.05, 3.63) is 0 Å². The molecule has 0 aliphatic carbocycles. The van der Waals surface area contributed by atoms with Crippen molar-refractivity contribution in [2.75, 3.05) is 6.16 Å². The summed E-state index contributed by atoms with van der Waals surface area (Å²) >= 11 is 17.9. The molecular formula is C32H66Cl3P. The van der Waals surface area contributed by atoms with E-state index >= 15 is 0 Å². The molecule has 0 saturated heterocycles. The van der Waals surface area contributed by atoms with Gasteiger partial charge in [0, 0.05) is 0 Å². The minimum atomic E-state index is -2.38. The zero-order valence-corrected chi connectivity index (χ0v) is 28.2. The van der Waals surface area contributed by atoms with Gasteiger partial charge in [-0.3, -0.25) is 0 Å². The molecule has 0 heterocycles. The van der Waals surface area contributed by atoms with E-state index in [1.807, 2.05) is 0 Å². The van der Waals surface area contributed by atoms with Crippen LogP contribution in [0.1, 0.15) is 194 Å². The fourth-order valence-corrected chi connectivity index (χ4v) is 7.80. The summed E-state index contributed by atoms with van der Waals surface area (Å²) < 4.78 is 0. The van der Waals surface area contributed by atoms with Crippen LogP contribution in [0.4, 0.5) is 0 Å². The predicted octanol–water partition coefficient (Wildman–Crippen LogP) is 14.8. The van der Waals surface area contributed by atoms with E-state index < -0.39 is 5.32 Å². The molecule has 4 heteroatoms. The normalized spacial score (nSPS) is 12.9. The van der Waals surface area contributed by atoms with E-state index in [9.17, 15) is 0 Å². The Labute approximate surface area is 243 Å². The van der Waals surface area contributed by atoms with Crippen LogP contribution in [0.15, 0.2) is 0 Å². The molecular weight excluding hydrogens is 522 g/mol. The number of hydrogen-bond donors (Lipinski definition) is 0. The number of rotatable bonds is 29. The average Bonchev–Trinajstić information content (AvgIpc) is 2.84. The van der Waals surface area contributed by atoms with Gasteiger partial charge in [-0.05, 0) is 31.1 Å². The van der Waals surface area contributed by atoms with E-state index in [0.29, 0.717) is 5.41 Å². The van der Waals surface area contributed by atoms with Crippen LogP contribution >= 0.6 is 39.0 Å². The van der Waals surface area contributed by atoms with E-state index in [1.165, 1.54) is 167 Å². The molecule has 0 fully saturated rings. The van der Waals surface area contributed by atoms with Crippen LogP contribution in [0.5, 0.6) is 0 Å². The predicted molar refractivity (Wildman–Crippen MR) is 175 cm³/mol.